The van der Waals surface area contributed by atoms with E-state index in [4.69, 9.17) is 14.9 Å². The molecule has 0 aliphatic carbocycles. The van der Waals surface area contributed by atoms with E-state index < -0.39 is 18.2 Å². The van der Waals surface area contributed by atoms with Crippen LogP contribution in [-0.2, 0) is 9.53 Å². The van der Waals surface area contributed by atoms with Crippen molar-refractivity contribution in [2.75, 3.05) is 6.26 Å². The molecule has 0 saturated carbocycles. The van der Waals surface area contributed by atoms with Crippen LogP contribution in [0.2, 0.25) is 0 Å². The van der Waals surface area contributed by atoms with Crippen LogP contribution in [0.3, 0.4) is 0 Å². The lowest BCUT2D eigenvalue weighted by molar-refractivity contribution is -0.151. The monoisotopic (exact) mass is 178 g/mol. The maximum absolute atomic E-state index is 10.4. The van der Waals surface area contributed by atoms with Crippen molar-refractivity contribution in [1.29, 1.82) is 0 Å². The Balaban J connectivity index is 2.51. The zero-order valence-corrected chi connectivity index (χ0v) is 6.87. The molecule has 3 unspecified atom stereocenters. The van der Waals surface area contributed by atoms with Gasteiger partial charge in [-0.2, -0.15) is 0 Å². The van der Waals surface area contributed by atoms with Crippen molar-refractivity contribution < 1.29 is 19.7 Å². The summed E-state index contributed by atoms with van der Waals surface area (Å²) in [5, 5.41) is 17.6. The maximum atomic E-state index is 10.4. The van der Waals surface area contributed by atoms with E-state index in [1.165, 1.54) is 11.8 Å². The Morgan fingerprint density at radius 2 is 2.36 bits per heavy atom. The van der Waals surface area contributed by atoms with Crippen molar-refractivity contribution in [2.24, 2.45) is 0 Å². The van der Waals surface area contributed by atoms with Crippen molar-refractivity contribution in [3.63, 3.8) is 0 Å². The van der Waals surface area contributed by atoms with Gasteiger partial charge >= 0.3 is 5.97 Å². The molecule has 1 aliphatic rings. The molecule has 0 aromatic heterocycles. The van der Waals surface area contributed by atoms with E-state index in [2.05, 4.69) is 0 Å². The molecular weight excluding hydrogens is 168 g/mol. The fraction of sp³-hybridized carbons (Fsp3) is 0.833. The van der Waals surface area contributed by atoms with Crippen LogP contribution >= 0.6 is 11.8 Å². The molecule has 0 radical (unpaired) electrons. The van der Waals surface area contributed by atoms with E-state index in [0.717, 1.165) is 0 Å². The number of thioether (sulfide) groups is 1. The Morgan fingerprint density at radius 1 is 1.73 bits per heavy atom. The minimum Gasteiger partial charge on any atom is -0.479 e. The van der Waals surface area contributed by atoms with Crippen molar-refractivity contribution in [3.8, 4) is 0 Å². The molecule has 5 heteroatoms. The summed E-state index contributed by atoms with van der Waals surface area (Å²) in [5.74, 6) is -1.09. The van der Waals surface area contributed by atoms with Gasteiger partial charge in [0.05, 0.1) is 6.10 Å². The van der Waals surface area contributed by atoms with Gasteiger partial charge in [0.15, 0.2) is 6.10 Å². The SMILES string of the molecule is CSC1CC(O)C(C(=O)O)O1. The van der Waals surface area contributed by atoms with Crippen molar-refractivity contribution in [3.05, 3.63) is 0 Å². The van der Waals surface area contributed by atoms with Crippen molar-refractivity contribution in [2.45, 2.75) is 24.1 Å². The highest BCUT2D eigenvalue weighted by Crippen LogP contribution is 2.26. The smallest absolute Gasteiger partial charge is 0.335 e. The molecule has 2 N–H and O–H groups in total. The number of carbonyl (C=O) groups is 1. The number of aliphatic hydroxyl groups is 1. The van der Waals surface area contributed by atoms with E-state index in [1.807, 2.05) is 6.26 Å². The number of aliphatic carboxylic acids is 1. The van der Waals surface area contributed by atoms with E-state index >= 15 is 0 Å². The highest BCUT2D eigenvalue weighted by atomic mass is 32.2. The number of carboxylic acids is 1. The number of ether oxygens (including phenoxy) is 1. The first kappa shape index (κ1) is 8.83. The van der Waals surface area contributed by atoms with Crippen LogP contribution in [0.5, 0.6) is 0 Å². The van der Waals surface area contributed by atoms with Gasteiger partial charge < -0.3 is 14.9 Å². The van der Waals surface area contributed by atoms with Gasteiger partial charge in [-0.25, -0.2) is 4.79 Å². The third-order valence-corrected chi connectivity index (χ3v) is 2.42. The first-order valence-corrected chi connectivity index (χ1v) is 4.53. The average Bonchev–Trinajstić information content (AvgIpc) is 2.30. The fourth-order valence-electron chi connectivity index (χ4n) is 1.01. The number of hydrogen-bond donors (Lipinski definition) is 2. The van der Waals surface area contributed by atoms with Gasteiger partial charge in [0.1, 0.15) is 5.44 Å². The predicted octanol–water partition coefficient (Wildman–Crippen LogP) is -0.0901. The molecule has 1 aliphatic heterocycles. The summed E-state index contributed by atoms with van der Waals surface area (Å²) >= 11 is 1.41. The van der Waals surface area contributed by atoms with E-state index in [-0.39, 0.29) is 5.44 Å². The summed E-state index contributed by atoms with van der Waals surface area (Å²) in [7, 11) is 0. The molecule has 1 heterocycles. The zero-order chi connectivity index (χ0) is 8.43. The van der Waals surface area contributed by atoms with Crippen LogP contribution in [0.4, 0.5) is 0 Å². The third-order valence-electron chi connectivity index (χ3n) is 1.59. The van der Waals surface area contributed by atoms with Gasteiger partial charge in [-0.05, 0) is 6.26 Å². The molecule has 3 atom stereocenters. The molecule has 1 fully saturated rings. The molecule has 11 heavy (non-hydrogen) atoms. The van der Waals surface area contributed by atoms with E-state index in [1.54, 1.807) is 0 Å². The summed E-state index contributed by atoms with van der Waals surface area (Å²) in [6.45, 7) is 0. The normalized spacial score (nSPS) is 37.5. The molecule has 1 saturated heterocycles. The highest BCUT2D eigenvalue weighted by Gasteiger charge is 2.38. The molecule has 0 aromatic carbocycles. The highest BCUT2D eigenvalue weighted by molar-refractivity contribution is 7.99. The maximum Gasteiger partial charge on any atom is 0.335 e. The van der Waals surface area contributed by atoms with Gasteiger partial charge in [-0.3, -0.25) is 0 Å². The second-order valence-corrected chi connectivity index (χ2v) is 3.36. The van der Waals surface area contributed by atoms with Crippen molar-refractivity contribution >= 4 is 17.7 Å². The molecule has 0 bridgehead atoms. The van der Waals surface area contributed by atoms with Crippen LogP contribution in [-0.4, -0.2) is 40.1 Å². The van der Waals surface area contributed by atoms with Gasteiger partial charge in [0.25, 0.3) is 0 Å². The Morgan fingerprint density at radius 3 is 2.64 bits per heavy atom. The van der Waals surface area contributed by atoms with E-state index in [0.29, 0.717) is 6.42 Å². The van der Waals surface area contributed by atoms with Gasteiger partial charge in [0, 0.05) is 6.42 Å². The quantitative estimate of drug-likeness (QED) is 0.618. The van der Waals surface area contributed by atoms with Gasteiger partial charge in [0.2, 0.25) is 0 Å². The minimum absolute atomic E-state index is 0.175. The molecule has 0 aromatic rings. The van der Waals surface area contributed by atoms with Crippen LogP contribution in [0, 0.1) is 0 Å². The largest absolute Gasteiger partial charge is 0.479 e. The lowest BCUT2D eigenvalue weighted by atomic mass is 10.2. The minimum atomic E-state index is -1.09. The predicted molar refractivity (Wildman–Crippen MR) is 40.4 cm³/mol. The van der Waals surface area contributed by atoms with Crippen LogP contribution < -0.4 is 0 Å². The Labute approximate surface area is 68.5 Å². The fourth-order valence-corrected chi connectivity index (χ4v) is 1.63. The first-order chi connectivity index (χ1) is 5.15. The number of aliphatic hydroxyl groups excluding tert-OH is 1. The topological polar surface area (TPSA) is 66.8 Å². The Hall–Kier alpha value is -0.260. The molecule has 64 valence electrons. The molecule has 4 nitrogen and oxygen atoms in total. The summed E-state index contributed by atoms with van der Waals surface area (Å²) in [6.07, 6.45) is 0.331. The second kappa shape index (κ2) is 3.42. The van der Waals surface area contributed by atoms with E-state index in [9.17, 15) is 4.79 Å². The third kappa shape index (κ3) is 1.85. The Kier molecular flexibility index (Phi) is 2.75. The van der Waals surface area contributed by atoms with Crippen LogP contribution in [0.25, 0.3) is 0 Å². The number of rotatable bonds is 2. The average molecular weight is 178 g/mol. The van der Waals surface area contributed by atoms with Crippen LogP contribution in [0.15, 0.2) is 0 Å². The summed E-state index contributed by atoms with van der Waals surface area (Å²) in [6, 6.07) is 0. The Bertz CT molecular complexity index is 161. The lowest BCUT2D eigenvalue weighted by Gasteiger charge is -2.07. The van der Waals surface area contributed by atoms with Crippen LogP contribution in [0.1, 0.15) is 6.42 Å². The van der Waals surface area contributed by atoms with Gasteiger partial charge in [-0.1, -0.05) is 0 Å². The second-order valence-electron chi connectivity index (χ2n) is 2.36. The molecular formula is C6H10O4S. The summed E-state index contributed by atoms with van der Waals surface area (Å²) in [4.78, 5) is 10.4. The molecule has 0 amide bonds. The van der Waals surface area contributed by atoms with Gasteiger partial charge in [-0.15, -0.1) is 11.8 Å². The standard InChI is InChI=1S/C6H10O4S/c1-11-4-2-3(7)5(10-4)6(8)9/h3-5,7H,2H2,1H3,(H,8,9). The number of hydrogen-bond acceptors (Lipinski definition) is 4. The molecule has 1 rings (SSSR count). The lowest BCUT2D eigenvalue weighted by Crippen LogP contribution is -2.29. The van der Waals surface area contributed by atoms with Crippen molar-refractivity contribution in [1.82, 2.24) is 0 Å². The number of carboxylic acid groups (broad SMARTS) is 1. The first-order valence-electron chi connectivity index (χ1n) is 3.24. The zero-order valence-electron chi connectivity index (χ0n) is 6.06. The summed E-state index contributed by atoms with van der Waals surface area (Å²) in [5.41, 5.74) is -0.175. The molecule has 0 spiro atoms. The summed E-state index contributed by atoms with van der Waals surface area (Å²) < 4.78 is 5.00.